The number of aryl methyl sites for hydroxylation is 1. The Morgan fingerprint density at radius 2 is 2.11 bits per heavy atom. The van der Waals surface area contributed by atoms with Crippen LogP contribution in [0.15, 0.2) is 24.3 Å². The van der Waals surface area contributed by atoms with E-state index in [1.807, 2.05) is 31.2 Å². The summed E-state index contributed by atoms with van der Waals surface area (Å²) in [5.74, 6) is -0.238. The summed E-state index contributed by atoms with van der Waals surface area (Å²) in [7, 11) is 1.56. The predicted molar refractivity (Wildman–Crippen MR) is 70.9 cm³/mol. The molecule has 1 N–H and O–H groups in total. The van der Waals surface area contributed by atoms with E-state index in [0.29, 0.717) is 25.3 Å². The van der Waals surface area contributed by atoms with Gasteiger partial charge < -0.3 is 15.0 Å². The molecule has 0 saturated carbocycles. The number of likely N-dealkylation sites (N-methyl/N-ethyl adjacent to an activating group) is 1. The van der Waals surface area contributed by atoms with E-state index in [-0.39, 0.29) is 11.8 Å². The van der Waals surface area contributed by atoms with Crippen molar-refractivity contribution in [1.82, 2.24) is 10.2 Å². The second-order valence-corrected chi connectivity index (χ2v) is 4.54. The van der Waals surface area contributed by atoms with Crippen molar-refractivity contribution in [3.05, 3.63) is 35.4 Å². The van der Waals surface area contributed by atoms with Gasteiger partial charge in [0.15, 0.2) is 6.10 Å². The minimum atomic E-state index is -0.577. The van der Waals surface area contributed by atoms with Crippen LogP contribution in [-0.4, -0.2) is 49.6 Å². The van der Waals surface area contributed by atoms with Crippen molar-refractivity contribution >= 4 is 11.8 Å². The Bertz CT molecular complexity index is 487. The van der Waals surface area contributed by atoms with Gasteiger partial charge in [0.25, 0.3) is 11.8 Å². The first-order valence-electron chi connectivity index (χ1n) is 6.31. The van der Waals surface area contributed by atoms with Gasteiger partial charge in [0.2, 0.25) is 0 Å². The van der Waals surface area contributed by atoms with E-state index in [1.54, 1.807) is 11.9 Å². The van der Waals surface area contributed by atoms with E-state index in [2.05, 4.69) is 5.32 Å². The first-order chi connectivity index (χ1) is 9.13. The molecule has 0 unspecified atom stereocenters. The lowest BCUT2D eigenvalue weighted by Gasteiger charge is -2.32. The molecule has 0 bridgehead atoms. The van der Waals surface area contributed by atoms with Crippen molar-refractivity contribution in [2.75, 3.05) is 26.7 Å². The maximum Gasteiger partial charge on any atom is 0.254 e. The maximum atomic E-state index is 12.4. The van der Waals surface area contributed by atoms with Crippen LogP contribution in [0, 0.1) is 6.92 Å². The van der Waals surface area contributed by atoms with Crippen LogP contribution in [0.3, 0.4) is 0 Å². The molecule has 102 valence electrons. The molecular formula is C14H18N2O3. The number of hydrogen-bond acceptors (Lipinski definition) is 3. The second-order valence-electron chi connectivity index (χ2n) is 4.54. The minimum absolute atomic E-state index is 0.0460. The van der Waals surface area contributed by atoms with Crippen LogP contribution < -0.4 is 5.32 Å². The van der Waals surface area contributed by atoms with E-state index in [4.69, 9.17) is 4.74 Å². The van der Waals surface area contributed by atoms with Gasteiger partial charge >= 0.3 is 0 Å². The highest BCUT2D eigenvalue weighted by atomic mass is 16.5. The summed E-state index contributed by atoms with van der Waals surface area (Å²) in [4.78, 5) is 25.7. The van der Waals surface area contributed by atoms with Gasteiger partial charge in [-0.05, 0) is 18.6 Å². The molecular weight excluding hydrogens is 244 g/mol. The molecule has 5 nitrogen and oxygen atoms in total. The summed E-state index contributed by atoms with van der Waals surface area (Å²) in [5.41, 5.74) is 1.62. The lowest BCUT2D eigenvalue weighted by molar-refractivity contribution is -0.136. The number of carbonyl (C=O) groups is 2. The lowest BCUT2D eigenvalue weighted by atomic mass is 10.1. The fourth-order valence-electron chi connectivity index (χ4n) is 2.14. The highest BCUT2D eigenvalue weighted by Gasteiger charge is 2.29. The third kappa shape index (κ3) is 2.93. The Labute approximate surface area is 112 Å². The van der Waals surface area contributed by atoms with Crippen LogP contribution in [0.2, 0.25) is 0 Å². The van der Waals surface area contributed by atoms with E-state index in [0.717, 1.165) is 5.56 Å². The highest BCUT2D eigenvalue weighted by Crippen LogP contribution is 2.14. The number of nitrogens with one attached hydrogen (secondary N) is 1. The quantitative estimate of drug-likeness (QED) is 0.848. The molecule has 1 aliphatic heterocycles. The summed E-state index contributed by atoms with van der Waals surface area (Å²) in [6.07, 6.45) is -0.577. The summed E-state index contributed by atoms with van der Waals surface area (Å²) in [6.45, 7) is 3.10. The molecule has 2 rings (SSSR count). The van der Waals surface area contributed by atoms with Crippen LogP contribution in [-0.2, 0) is 9.53 Å². The minimum Gasteiger partial charge on any atom is -0.365 e. The van der Waals surface area contributed by atoms with Crippen molar-refractivity contribution in [2.45, 2.75) is 13.0 Å². The average molecular weight is 262 g/mol. The zero-order valence-electron chi connectivity index (χ0n) is 11.2. The number of amides is 2. The van der Waals surface area contributed by atoms with Crippen LogP contribution in [0.4, 0.5) is 0 Å². The molecule has 1 aromatic rings. The Balaban J connectivity index is 2.11. The third-order valence-corrected chi connectivity index (χ3v) is 3.27. The van der Waals surface area contributed by atoms with Crippen LogP contribution in [0.25, 0.3) is 0 Å². The van der Waals surface area contributed by atoms with Crippen LogP contribution >= 0.6 is 0 Å². The normalized spacial score (nSPS) is 19.1. The number of carbonyl (C=O) groups excluding carboxylic acids is 2. The van der Waals surface area contributed by atoms with Crippen molar-refractivity contribution < 1.29 is 14.3 Å². The Hall–Kier alpha value is -1.88. The molecule has 5 heteroatoms. The first-order valence-corrected chi connectivity index (χ1v) is 6.31. The van der Waals surface area contributed by atoms with Crippen molar-refractivity contribution in [3.8, 4) is 0 Å². The standard InChI is InChI=1S/C14H18N2O3/c1-10-5-3-4-6-11(10)14(18)16-7-8-19-12(9-16)13(17)15-2/h3-6,12H,7-9H2,1-2H3,(H,15,17)/t12-/m1/s1. The van der Waals surface area contributed by atoms with Gasteiger partial charge in [-0.3, -0.25) is 9.59 Å². The number of ether oxygens (including phenoxy) is 1. The van der Waals surface area contributed by atoms with Gasteiger partial charge in [-0.2, -0.15) is 0 Å². The first kappa shape index (κ1) is 13.5. The summed E-state index contributed by atoms with van der Waals surface area (Å²) in [6, 6.07) is 7.46. The number of hydrogen-bond donors (Lipinski definition) is 1. The van der Waals surface area contributed by atoms with Crippen LogP contribution in [0.5, 0.6) is 0 Å². The summed E-state index contributed by atoms with van der Waals surface area (Å²) < 4.78 is 5.37. The van der Waals surface area contributed by atoms with E-state index in [9.17, 15) is 9.59 Å². The van der Waals surface area contributed by atoms with Gasteiger partial charge in [-0.25, -0.2) is 0 Å². The Morgan fingerprint density at radius 3 is 2.79 bits per heavy atom. The molecule has 0 spiro atoms. The monoisotopic (exact) mass is 262 g/mol. The van der Waals surface area contributed by atoms with Crippen molar-refractivity contribution in [3.63, 3.8) is 0 Å². The smallest absolute Gasteiger partial charge is 0.254 e. The van der Waals surface area contributed by atoms with Gasteiger partial charge in [-0.1, -0.05) is 18.2 Å². The second kappa shape index (κ2) is 5.84. The van der Waals surface area contributed by atoms with E-state index in [1.165, 1.54) is 0 Å². The SMILES string of the molecule is CNC(=O)[C@H]1CN(C(=O)c2ccccc2C)CCO1. The predicted octanol–water partition coefficient (Wildman–Crippen LogP) is 0.582. The number of benzene rings is 1. The van der Waals surface area contributed by atoms with Crippen molar-refractivity contribution in [1.29, 1.82) is 0 Å². The highest BCUT2D eigenvalue weighted by molar-refractivity contribution is 5.96. The third-order valence-electron chi connectivity index (χ3n) is 3.27. The Morgan fingerprint density at radius 1 is 1.37 bits per heavy atom. The topological polar surface area (TPSA) is 58.6 Å². The molecule has 1 fully saturated rings. The molecule has 0 radical (unpaired) electrons. The van der Waals surface area contributed by atoms with E-state index < -0.39 is 6.10 Å². The molecule has 1 saturated heterocycles. The van der Waals surface area contributed by atoms with Crippen LogP contribution in [0.1, 0.15) is 15.9 Å². The van der Waals surface area contributed by atoms with Crippen molar-refractivity contribution in [2.24, 2.45) is 0 Å². The summed E-state index contributed by atoms with van der Waals surface area (Å²) >= 11 is 0. The zero-order chi connectivity index (χ0) is 13.8. The fourth-order valence-corrected chi connectivity index (χ4v) is 2.14. The fraction of sp³-hybridized carbons (Fsp3) is 0.429. The van der Waals surface area contributed by atoms with Gasteiger partial charge in [-0.15, -0.1) is 0 Å². The maximum absolute atomic E-state index is 12.4. The average Bonchev–Trinajstić information content (AvgIpc) is 2.46. The lowest BCUT2D eigenvalue weighted by Crippen LogP contribution is -2.51. The number of morpholine rings is 1. The molecule has 0 aromatic heterocycles. The molecule has 1 atom stereocenters. The Kier molecular flexibility index (Phi) is 4.16. The zero-order valence-corrected chi connectivity index (χ0v) is 11.2. The molecule has 1 heterocycles. The number of rotatable bonds is 2. The molecule has 1 aliphatic rings. The largest absolute Gasteiger partial charge is 0.365 e. The number of nitrogens with zero attached hydrogens (tertiary/aromatic N) is 1. The molecule has 2 amide bonds. The van der Waals surface area contributed by atoms with Gasteiger partial charge in [0.05, 0.1) is 13.2 Å². The van der Waals surface area contributed by atoms with E-state index >= 15 is 0 Å². The molecule has 1 aromatic carbocycles. The van der Waals surface area contributed by atoms with Gasteiger partial charge in [0.1, 0.15) is 0 Å². The van der Waals surface area contributed by atoms with Gasteiger partial charge in [0, 0.05) is 19.2 Å². The molecule has 0 aliphatic carbocycles. The summed E-state index contributed by atoms with van der Waals surface area (Å²) in [5, 5.41) is 2.54. The molecule has 19 heavy (non-hydrogen) atoms.